The van der Waals surface area contributed by atoms with Crippen molar-refractivity contribution in [3.8, 4) is 0 Å². The van der Waals surface area contributed by atoms with E-state index in [0.717, 1.165) is 38.0 Å². The number of halogens is 4. The minimum Gasteiger partial charge on any atom is -0.399 e. The molecule has 26 nitrogen and oxygen atoms in total. The molecule has 14 rings (SSSR count). The minimum absolute atomic E-state index is 0.160. The highest BCUT2D eigenvalue weighted by Gasteiger charge is 2.36. The van der Waals surface area contributed by atoms with Crippen LogP contribution in [0.4, 0.5) is 60.0 Å². The van der Waals surface area contributed by atoms with Gasteiger partial charge >= 0.3 is 18.1 Å². The first-order chi connectivity index (χ1) is 47.8. The van der Waals surface area contributed by atoms with Crippen LogP contribution in [0.3, 0.4) is 0 Å². The van der Waals surface area contributed by atoms with Gasteiger partial charge in [-0.15, -0.1) is 0 Å². The lowest BCUT2D eigenvalue weighted by atomic mass is 10.2. The zero-order valence-electron chi connectivity index (χ0n) is 53.2. The molecule has 524 valence electrons. The molecule has 0 bridgehead atoms. The number of urea groups is 3. The highest BCUT2D eigenvalue weighted by Crippen LogP contribution is 2.35. The number of fused-ring (bicyclic) bond motifs is 3. The number of carbonyl (C=O) groups is 7. The number of thiazole rings is 3. The Morgan fingerprint density at radius 1 is 0.440 bits per heavy atom. The molecule has 3 aromatic heterocycles. The monoisotopic (exact) mass is 1480 g/mol. The zero-order chi connectivity index (χ0) is 71.0. The summed E-state index contributed by atoms with van der Waals surface area (Å²) in [6.45, 7) is 5.82. The Balaban J connectivity index is 0.000000144. The van der Waals surface area contributed by atoms with Crippen LogP contribution in [-0.4, -0.2) is 192 Å². The number of nitrogens with zero attached hydrogens (tertiary/aromatic N) is 9. The summed E-state index contributed by atoms with van der Waals surface area (Å²) >= 11 is 3.93. The fourth-order valence-corrected chi connectivity index (χ4v) is 15.8. The van der Waals surface area contributed by atoms with Gasteiger partial charge in [0.05, 0.1) is 46.8 Å². The van der Waals surface area contributed by atoms with Crippen molar-refractivity contribution >= 4 is 169 Å². The molecule has 2 aliphatic carbocycles. The molecule has 3 aliphatic heterocycles. The van der Waals surface area contributed by atoms with Crippen LogP contribution < -0.4 is 31.7 Å². The smallest absolute Gasteiger partial charge is 0.323 e. The summed E-state index contributed by atoms with van der Waals surface area (Å²) in [5.41, 5.74) is 10.6. The van der Waals surface area contributed by atoms with E-state index >= 15 is 0 Å². The average molecular weight is 1490 g/mol. The van der Waals surface area contributed by atoms with Crippen molar-refractivity contribution in [2.45, 2.75) is 43.1 Å². The van der Waals surface area contributed by atoms with E-state index in [4.69, 9.17) is 16.4 Å². The molecule has 6 aromatic carbocycles. The van der Waals surface area contributed by atoms with Gasteiger partial charge < -0.3 is 40.4 Å². The molecule has 7 N–H and O–H groups in total. The molecule has 100 heavy (non-hydrogen) atoms. The molecule has 10 amide bonds. The lowest BCUT2D eigenvalue weighted by molar-refractivity contribution is -0.114. The lowest BCUT2D eigenvalue weighted by Gasteiger charge is -2.34. The summed E-state index contributed by atoms with van der Waals surface area (Å²) < 4.78 is 89.8. The maximum atomic E-state index is 13.4. The third-order valence-electron chi connectivity index (χ3n) is 16.1. The van der Waals surface area contributed by atoms with Crippen molar-refractivity contribution in [3.63, 3.8) is 0 Å². The van der Waals surface area contributed by atoms with Crippen LogP contribution in [0.25, 0.3) is 30.6 Å². The molecule has 5 aliphatic rings. The molecule has 0 spiro atoms. The van der Waals surface area contributed by atoms with Gasteiger partial charge in [-0.25, -0.2) is 59.3 Å². The highest BCUT2D eigenvalue weighted by atomic mass is 35.7. The summed E-state index contributed by atoms with van der Waals surface area (Å²) in [6.07, 6.45) is 2.88. The van der Waals surface area contributed by atoms with E-state index < -0.39 is 36.5 Å². The first kappa shape index (κ1) is 71.5. The molecule has 2 saturated carbocycles. The predicted octanol–water partition coefficient (Wildman–Crippen LogP) is 10.4. The van der Waals surface area contributed by atoms with E-state index in [-0.39, 0.29) is 57.8 Å². The molecular formula is C65H65ClF3N15O11S5. The molecular weight excluding hydrogens is 1420 g/mol. The molecule has 6 heterocycles. The van der Waals surface area contributed by atoms with E-state index in [0.29, 0.717) is 140 Å². The van der Waals surface area contributed by atoms with Crippen molar-refractivity contribution in [3.05, 3.63) is 162 Å². The number of hydrogen-bond donors (Lipinski definition) is 6. The number of nitrogens with one attached hydrogen (secondary N) is 5. The molecule has 35 heteroatoms. The summed E-state index contributed by atoms with van der Waals surface area (Å²) in [7, 11) is -1.61. The average Bonchev–Trinajstić information content (AvgIpc) is 1.72. The second kappa shape index (κ2) is 31.2. The van der Waals surface area contributed by atoms with E-state index in [1.54, 1.807) is 90.1 Å². The quantitative estimate of drug-likeness (QED) is 0.0518. The zero-order valence-corrected chi connectivity index (χ0v) is 58.1. The standard InChI is InChI=1S/C22H22FN5O4S2.C21H20FN5O3S.C19H18FN5O2S.C3H5ClO2S/c23-15-3-1-2-14(12-15)20(29)27-8-10-28(11-9-27)22(30)25-21-24-18-7-4-16(13-19(18)33-21)26-34(31,32)17-5-6-17;1-13(28)23-16-5-6-17-18(12-16)31-20(24-17)25-21(30)27-9-7-26(8-10-27)19(29)14-3-2-4-15(22)11-14;20-13-3-1-2-12(10-13)17(26)24-6-8-25(9-7-24)19(27)23-18-22-15-5-4-14(21)11-16(15)28-18;4-7(5,6)3-1-2-3/h1-4,7,12-13,17,26H,5-6,8-11H2,(H,24,25,30);2-6,11-12H,7-10H2,1H3,(H,23,28)(H,24,25,30);1-5,10-11H,6-9,21H2,(H,22,23,27);3H,1-2H2. The first-order valence-electron chi connectivity index (χ1n) is 31.3. The topological polar surface area (TPSA) is 332 Å². The van der Waals surface area contributed by atoms with Crippen molar-refractivity contribution in [2.75, 3.05) is 110 Å². The van der Waals surface area contributed by atoms with Crippen LogP contribution in [0.5, 0.6) is 0 Å². The number of nitrogen functional groups attached to an aromatic ring is 1. The number of aromatic nitrogens is 3. The Labute approximate surface area is 587 Å². The third kappa shape index (κ3) is 19.0. The second-order valence-corrected chi connectivity index (χ2v) is 31.5. The van der Waals surface area contributed by atoms with Crippen molar-refractivity contribution in [1.29, 1.82) is 0 Å². The number of piperazine rings is 3. The van der Waals surface area contributed by atoms with Crippen LogP contribution in [-0.2, 0) is 23.9 Å². The fraction of sp³-hybridized carbons (Fsp3) is 0.292. The normalized spacial score (nSPS) is 15.5. The van der Waals surface area contributed by atoms with Crippen LogP contribution >= 0.6 is 44.7 Å². The first-order valence-corrected chi connectivity index (χ1v) is 37.7. The Morgan fingerprint density at radius 3 is 1.10 bits per heavy atom. The van der Waals surface area contributed by atoms with Crippen molar-refractivity contribution in [2.24, 2.45) is 0 Å². The van der Waals surface area contributed by atoms with Crippen LogP contribution in [0.1, 0.15) is 63.7 Å². The maximum Gasteiger partial charge on any atom is 0.323 e. The van der Waals surface area contributed by atoms with Gasteiger partial charge in [-0.1, -0.05) is 52.2 Å². The van der Waals surface area contributed by atoms with Gasteiger partial charge in [0, 0.05) is 124 Å². The summed E-state index contributed by atoms with van der Waals surface area (Å²) in [4.78, 5) is 109. The van der Waals surface area contributed by atoms with Crippen LogP contribution in [0, 0.1) is 17.5 Å². The van der Waals surface area contributed by atoms with E-state index in [1.807, 2.05) is 12.1 Å². The van der Waals surface area contributed by atoms with E-state index in [9.17, 15) is 63.6 Å². The highest BCUT2D eigenvalue weighted by molar-refractivity contribution is 8.14. The van der Waals surface area contributed by atoms with Crippen LogP contribution in [0.15, 0.2) is 127 Å². The number of anilines is 6. The number of hydrogen-bond acceptors (Lipinski definition) is 18. The predicted molar refractivity (Wildman–Crippen MR) is 380 cm³/mol. The second-order valence-electron chi connectivity index (χ2n) is 23.5. The Morgan fingerprint density at radius 2 is 0.770 bits per heavy atom. The Kier molecular flexibility index (Phi) is 22.3. The summed E-state index contributed by atoms with van der Waals surface area (Å²) in [6, 6.07) is 31.7. The molecule has 5 fully saturated rings. The Bertz CT molecular complexity index is 4830. The minimum atomic E-state index is -3.35. The van der Waals surface area contributed by atoms with Crippen molar-refractivity contribution in [1.82, 2.24) is 44.4 Å². The number of amides is 10. The molecule has 9 aromatic rings. The summed E-state index contributed by atoms with van der Waals surface area (Å²) in [5, 5.41) is 11.9. The molecule has 0 unspecified atom stereocenters. The number of carbonyl (C=O) groups excluding carboxylic acids is 7. The SMILES string of the molecule is CC(=O)Nc1ccc2nc(NC(=O)N3CCN(C(=O)c4cccc(F)c4)CC3)sc2c1.Nc1ccc2nc(NC(=O)N3CCN(C(=O)c4cccc(F)c4)CC3)sc2c1.O=C(Nc1nc2ccc(NS(=O)(=O)C3CC3)cc2s1)N1CCN(C(=O)c2cccc(F)c2)CC1.O=S(=O)(Cl)C1CC1. The maximum absolute atomic E-state index is 13.4. The van der Waals surface area contributed by atoms with Gasteiger partial charge in [0.25, 0.3) is 17.7 Å². The van der Waals surface area contributed by atoms with E-state index in [1.165, 1.54) is 95.5 Å². The van der Waals surface area contributed by atoms with Gasteiger partial charge in [0.2, 0.25) is 25.0 Å². The van der Waals surface area contributed by atoms with E-state index in [2.05, 4.69) is 40.9 Å². The van der Waals surface area contributed by atoms with Crippen molar-refractivity contribution < 1.29 is 63.6 Å². The van der Waals surface area contributed by atoms with Gasteiger partial charge in [-0.3, -0.25) is 39.9 Å². The lowest BCUT2D eigenvalue weighted by Crippen LogP contribution is -2.51. The fourth-order valence-electron chi connectivity index (χ4n) is 10.5. The van der Waals surface area contributed by atoms with Crippen LogP contribution in [0.2, 0.25) is 0 Å². The molecule has 0 radical (unpaired) electrons. The number of rotatable bonds is 11. The third-order valence-corrected chi connectivity index (χ3v) is 22.8. The van der Waals surface area contributed by atoms with Gasteiger partial charge in [-0.2, -0.15) is 0 Å². The number of nitrogens with two attached hydrogens (primary N) is 1. The number of sulfonamides is 1. The van der Waals surface area contributed by atoms with Gasteiger partial charge in [-0.05, 0) is 135 Å². The summed E-state index contributed by atoms with van der Waals surface area (Å²) in [5.74, 6) is -2.27. The molecule has 0 atom stereocenters. The number of benzene rings is 6. The molecule has 3 saturated heterocycles. The van der Waals surface area contributed by atoms with Gasteiger partial charge in [0.1, 0.15) is 17.5 Å². The largest absolute Gasteiger partial charge is 0.399 e. The Hall–Kier alpha value is -9.74. The van der Waals surface area contributed by atoms with Gasteiger partial charge in [0.15, 0.2) is 15.4 Å².